The van der Waals surface area contributed by atoms with Gasteiger partial charge in [-0.1, -0.05) is 41.7 Å². The summed E-state index contributed by atoms with van der Waals surface area (Å²) in [6, 6.07) is 11.8. The fraction of sp³-hybridized carbons (Fsp3) is 0.188. The number of aromatic nitrogens is 2. The standard InChI is InChI=1S/C16H15N3O2S/c1-10-8-13(11(2)21-10)15(20)17-16-19-18-14(22-16)9-12-6-4-3-5-7-12/h3-8H,9H2,1-2H3,(H,17,19,20). The highest BCUT2D eigenvalue weighted by atomic mass is 32.1. The van der Waals surface area contributed by atoms with Gasteiger partial charge in [-0.25, -0.2) is 0 Å². The summed E-state index contributed by atoms with van der Waals surface area (Å²) in [7, 11) is 0. The molecule has 2 aromatic heterocycles. The molecule has 1 N–H and O–H groups in total. The van der Waals surface area contributed by atoms with E-state index in [9.17, 15) is 4.79 Å². The predicted octanol–water partition coefficient (Wildman–Crippen LogP) is 3.59. The molecule has 112 valence electrons. The molecule has 5 nitrogen and oxygen atoms in total. The van der Waals surface area contributed by atoms with Crippen LogP contribution < -0.4 is 5.32 Å². The molecule has 6 heteroatoms. The van der Waals surface area contributed by atoms with Gasteiger partial charge in [-0.2, -0.15) is 0 Å². The number of nitrogens with one attached hydrogen (secondary N) is 1. The first-order chi connectivity index (χ1) is 10.6. The quantitative estimate of drug-likeness (QED) is 0.799. The molecule has 0 saturated carbocycles. The Hall–Kier alpha value is -2.47. The van der Waals surface area contributed by atoms with Crippen LogP contribution in [0.5, 0.6) is 0 Å². The van der Waals surface area contributed by atoms with Gasteiger partial charge in [0.15, 0.2) is 0 Å². The normalized spacial score (nSPS) is 10.6. The molecule has 0 unspecified atom stereocenters. The number of nitrogens with zero attached hydrogens (tertiary/aromatic N) is 2. The first-order valence-electron chi connectivity index (χ1n) is 6.86. The number of furan rings is 1. The second kappa shape index (κ2) is 6.11. The number of aryl methyl sites for hydroxylation is 2. The third-order valence-corrected chi connectivity index (χ3v) is 4.01. The SMILES string of the molecule is Cc1cc(C(=O)Nc2nnc(Cc3ccccc3)s2)c(C)o1. The monoisotopic (exact) mass is 313 g/mol. The van der Waals surface area contributed by atoms with Crippen LogP contribution in [0.3, 0.4) is 0 Å². The average molecular weight is 313 g/mol. The summed E-state index contributed by atoms with van der Waals surface area (Å²) < 4.78 is 5.36. The number of anilines is 1. The molecule has 0 aliphatic carbocycles. The first-order valence-corrected chi connectivity index (χ1v) is 7.68. The smallest absolute Gasteiger partial charge is 0.261 e. The maximum Gasteiger partial charge on any atom is 0.261 e. The lowest BCUT2D eigenvalue weighted by Gasteiger charge is -1.98. The zero-order valence-corrected chi connectivity index (χ0v) is 13.1. The van der Waals surface area contributed by atoms with Crippen LogP contribution in [0, 0.1) is 13.8 Å². The Balaban J connectivity index is 1.69. The Bertz CT molecular complexity index is 793. The zero-order chi connectivity index (χ0) is 15.5. The Morgan fingerprint density at radius 2 is 2.00 bits per heavy atom. The van der Waals surface area contributed by atoms with Gasteiger partial charge in [0.05, 0.1) is 5.56 Å². The number of amides is 1. The largest absolute Gasteiger partial charge is 0.466 e. The van der Waals surface area contributed by atoms with Crippen LogP contribution >= 0.6 is 11.3 Å². The molecule has 0 aliphatic rings. The molecule has 3 aromatic rings. The Morgan fingerprint density at radius 3 is 2.68 bits per heavy atom. The molecule has 1 aromatic carbocycles. The van der Waals surface area contributed by atoms with Crippen molar-refractivity contribution in [1.82, 2.24) is 10.2 Å². The van der Waals surface area contributed by atoms with Gasteiger partial charge in [0.1, 0.15) is 16.5 Å². The molecule has 3 rings (SSSR count). The maximum atomic E-state index is 12.2. The van der Waals surface area contributed by atoms with Gasteiger partial charge in [-0.05, 0) is 25.5 Å². The molecule has 1 amide bonds. The summed E-state index contributed by atoms with van der Waals surface area (Å²) in [6.07, 6.45) is 0.707. The van der Waals surface area contributed by atoms with E-state index >= 15 is 0 Å². The first kappa shape index (κ1) is 14.5. The van der Waals surface area contributed by atoms with Gasteiger partial charge in [0.2, 0.25) is 5.13 Å². The van der Waals surface area contributed by atoms with E-state index in [1.54, 1.807) is 13.0 Å². The molecular weight excluding hydrogens is 298 g/mol. The van der Waals surface area contributed by atoms with Gasteiger partial charge in [0, 0.05) is 6.42 Å². The number of carbonyl (C=O) groups is 1. The summed E-state index contributed by atoms with van der Waals surface area (Å²) in [6.45, 7) is 3.58. The lowest BCUT2D eigenvalue weighted by Crippen LogP contribution is -2.11. The molecule has 0 spiro atoms. The van der Waals surface area contributed by atoms with Crippen LogP contribution in [0.2, 0.25) is 0 Å². The summed E-state index contributed by atoms with van der Waals surface area (Å²) >= 11 is 1.38. The lowest BCUT2D eigenvalue weighted by molar-refractivity contribution is 0.102. The summed E-state index contributed by atoms with van der Waals surface area (Å²) in [5.74, 6) is 1.09. The topological polar surface area (TPSA) is 68.0 Å². The fourth-order valence-corrected chi connectivity index (χ4v) is 2.94. The molecule has 0 bridgehead atoms. The molecule has 0 fully saturated rings. The van der Waals surface area contributed by atoms with E-state index in [-0.39, 0.29) is 5.91 Å². The van der Waals surface area contributed by atoms with E-state index in [0.717, 1.165) is 10.6 Å². The van der Waals surface area contributed by atoms with Gasteiger partial charge in [0.25, 0.3) is 5.91 Å². The number of benzene rings is 1. The predicted molar refractivity (Wildman–Crippen MR) is 85.3 cm³/mol. The summed E-state index contributed by atoms with van der Waals surface area (Å²) in [5.41, 5.74) is 1.69. The van der Waals surface area contributed by atoms with E-state index in [2.05, 4.69) is 15.5 Å². The zero-order valence-electron chi connectivity index (χ0n) is 12.3. The van der Waals surface area contributed by atoms with Gasteiger partial charge < -0.3 is 4.42 Å². The van der Waals surface area contributed by atoms with E-state index < -0.39 is 0 Å². The number of rotatable bonds is 4. The second-order valence-electron chi connectivity index (χ2n) is 4.94. The van der Waals surface area contributed by atoms with Crippen LogP contribution in [0.1, 0.15) is 32.4 Å². The molecule has 0 saturated heterocycles. The molecule has 0 atom stereocenters. The second-order valence-corrected chi connectivity index (χ2v) is 6.01. The van der Waals surface area contributed by atoms with Crippen molar-refractivity contribution in [2.24, 2.45) is 0 Å². The van der Waals surface area contributed by atoms with Crippen molar-refractivity contribution < 1.29 is 9.21 Å². The van der Waals surface area contributed by atoms with Crippen LogP contribution in [0.25, 0.3) is 0 Å². The maximum absolute atomic E-state index is 12.2. The van der Waals surface area contributed by atoms with Crippen LogP contribution in [-0.4, -0.2) is 16.1 Å². The summed E-state index contributed by atoms with van der Waals surface area (Å²) in [4.78, 5) is 12.2. The number of hydrogen-bond donors (Lipinski definition) is 1. The Labute approximate surface area is 132 Å². The minimum Gasteiger partial charge on any atom is -0.466 e. The van der Waals surface area contributed by atoms with E-state index in [0.29, 0.717) is 28.6 Å². The van der Waals surface area contributed by atoms with E-state index in [4.69, 9.17) is 4.42 Å². The molecule has 0 radical (unpaired) electrons. The highest BCUT2D eigenvalue weighted by molar-refractivity contribution is 7.15. The van der Waals surface area contributed by atoms with Crippen LogP contribution in [0.4, 0.5) is 5.13 Å². The summed E-state index contributed by atoms with van der Waals surface area (Å²) in [5, 5.41) is 12.3. The highest BCUT2D eigenvalue weighted by Gasteiger charge is 2.15. The Morgan fingerprint density at radius 1 is 1.23 bits per heavy atom. The van der Waals surface area contributed by atoms with Gasteiger partial charge in [-0.3, -0.25) is 10.1 Å². The van der Waals surface area contributed by atoms with Crippen molar-refractivity contribution in [2.45, 2.75) is 20.3 Å². The van der Waals surface area contributed by atoms with Crippen molar-refractivity contribution >= 4 is 22.4 Å². The minimum atomic E-state index is -0.225. The average Bonchev–Trinajstić information content (AvgIpc) is 3.06. The third kappa shape index (κ3) is 3.23. The molecule has 0 aliphatic heterocycles. The minimum absolute atomic E-state index is 0.225. The third-order valence-electron chi connectivity index (χ3n) is 3.17. The molecule has 2 heterocycles. The fourth-order valence-electron chi connectivity index (χ4n) is 2.17. The van der Waals surface area contributed by atoms with E-state index in [1.807, 2.05) is 37.3 Å². The number of carbonyl (C=O) groups excluding carboxylic acids is 1. The lowest BCUT2D eigenvalue weighted by atomic mass is 10.2. The van der Waals surface area contributed by atoms with Gasteiger partial charge >= 0.3 is 0 Å². The van der Waals surface area contributed by atoms with Crippen molar-refractivity contribution in [1.29, 1.82) is 0 Å². The molecular formula is C16H15N3O2S. The van der Waals surface area contributed by atoms with Crippen molar-refractivity contribution in [3.05, 3.63) is 64.1 Å². The molecule has 22 heavy (non-hydrogen) atoms. The van der Waals surface area contributed by atoms with Crippen LogP contribution in [-0.2, 0) is 6.42 Å². The highest BCUT2D eigenvalue weighted by Crippen LogP contribution is 2.20. The van der Waals surface area contributed by atoms with Crippen molar-refractivity contribution in [2.75, 3.05) is 5.32 Å². The van der Waals surface area contributed by atoms with E-state index in [1.165, 1.54) is 11.3 Å². The van der Waals surface area contributed by atoms with Gasteiger partial charge in [-0.15, -0.1) is 10.2 Å². The number of hydrogen-bond acceptors (Lipinski definition) is 5. The van der Waals surface area contributed by atoms with Crippen molar-refractivity contribution in [3.8, 4) is 0 Å². The van der Waals surface area contributed by atoms with Crippen molar-refractivity contribution in [3.63, 3.8) is 0 Å². The van der Waals surface area contributed by atoms with Crippen LogP contribution in [0.15, 0.2) is 40.8 Å². The Kier molecular flexibility index (Phi) is 4.02.